The number of ether oxygens (including phenoxy) is 1. The third-order valence-electron chi connectivity index (χ3n) is 3.42. The van der Waals surface area contributed by atoms with Gasteiger partial charge >= 0.3 is 0 Å². The van der Waals surface area contributed by atoms with Gasteiger partial charge in [0.15, 0.2) is 0 Å². The van der Waals surface area contributed by atoms with Gasteiger partial charge in [-0.3, -0.25) is 4.79 Å². The summed E-state index contributed by atoms with van der Waals surface area (Å²) in [6.45, 7) is 4.05. The van der Waals surface area contributed by atoms with Crippen LogP contribution < -0.4 is 5.32 Å². The van der Waals surface area contributed by atoms with E-state index in [9.17, 15) is 4.79 Å². The highest BCUT2D eigenvalue weighted by Crippen LogP contribution is 2.08. The Hall–Kier alpha value is -1.39. The number of benzene rings is 1. The SMILES string of the molecule is COC[C@H]1CNCCN(C(=O)Cc2ccccc2)C1. The monoisotopic (exact) mass is 262 g/mol. The molecular formula is C15H22N2O2. The van der Waals surface area contributed by atoms with E-state index in [-0.39, 0.29) is 5.91 Å². The number of carbonyl (C=O) groups excluding carboxylic acids is 1. The summed E-state index contributed by atoms with van der Waals surface area (Å²) in [4.78, 5) is 14.3. The van der Waals surface area contributed by atoms with Gasteiger partial charge in [-0.15, -0.1) is 0 Å². The Kier molecular flexibility index (Phi) is 5.36. The summed E-state index contributed by atoms with van der Waals surface area (Å²) in [5, 5.41) is 3.36. The number of rotatable bonds is 4. The van der Waals surface area contributed by atoms with Crippen molar-refractivity contribution in [3.63, 3.8) is 0 Å². The van der Waals surface area contributed by atoms with E-state index in [0.29, 0.717) is 18.9 Å². The van der Waals surface area contributed by atoms with Crippen LogP contribution in [0.15, 0.2) is 30.3 Å². The molecule has 1 aromatic rings. The molecule has 0 spiro atoms. The molecule has 104 valence electrons. The molecule has 0 bridgehead atoms. The first-order chi connectivity index (χ1) is 9.29. The number of nitrogens with zero attached hydrogens (tertiary/aromatic N) is 1. The van der Waals surface area contributed by atoms with E-state index in [1.165, 1.54) is 0 Å². The zero-order chi connectivity index (χ0) is 13.5. The van der Waals surface area contributed by atoms with Crippen LogP contribution in [0.4, 0.5) is 0 Å². The van der Waals surface area contributed by atoms with Crippen LogP contribution >= 0.6 is 0 Å². The van der Waals surface area contributed by atoms with Crippen molar-refractivity contribution in [2.75, 3.05) is 39.9 Å². The second kappa shape index (κ2) is 7.26. The molecule has 1 atom stereocenters. The lowest BCUT2D eigenvalue weighted by molar-refractivity contribution is -0.130. The van der Waals surface area contributed by atoms with E-state index in [2.05, 4.69) is 5.32 Å². The molecule has 1 saturated heterocycles. The maximum Gasteiger partial charge on any atom is 0.227 e. The summed E-state index contributed by atoms with van der Waals surface area (Å²) >= 11 is 0. The van der Waals surface area contributed by atoms with E-state index in [1.54, 1.807) is 7.11 Å². The van der Waals surface area contributed by atoms with Gasteiger partial charge in [-0.2, -0.15) is 0 Å². The fraction of sp³-hybridized carbons (Fsp3) is 0.533. The lowest BCUT2D eigenvalue weighted by Gasteiger charge is -2.23. The average molecular weight is 262 g/mol. The van der Waals surface area contributed by atoms with Crippen molar-refractivity contribution in [1.29, 1.82) is 0 Å². The summed E-state index contributed by atoms with van der Waals surface area (Å²) in [6, 6.07) is 9.92. The molecule has 1 aliphatic heterocycles. The van der Waals surface area contributed by atoms with Gasteiger partial charge in [0, 0.05) is 39.2 Å². The number of amides is 1. The third kappa shape index (κ3) is 4.33. The zero-order valence-corrected chi connectivity index (χ0v) is 11.5. The predicted molar refractivity (Wildman–Crippen MR) is 75.0 cm³/mol. The minimum atomic E-state index is 0.205. The van der Waals surface area contributed by atoms with Crippen LogP contribution in [-0.2, 0) is 16.0 Å². The van der Waals surface area contributed by atoms with E-state index in [4.69, 9.17) is 4.74 Å². The molecule has 0 unspecified atom stereocenters. The van der Waals surface area contributed by atoms with Gasteiger partial charge in [0.2, 0.25) is 5.91 Å². The summed E-state index contributed by atoms with van der Waals surface area (Å²) in [7, 11) is 1.71. The highest BCUT2D eigenvalue weighted by atomic mass is 16.5. The Morgan fingerprint density at radius 2 is 2.21 bits per heavy atom. The van der Waals surface area contributed by atoms with Crippen LogP contribution in [0.5, 0.6) is 0 Å². The van der Waals surface area contributed by atoms with Gasteiger partial charge < -0.3 is 15.0 Å². The minimum Gasteiger partial charge on any atom is -0.384 e. The second-order valence-electron chi connectivity index (χ2n) is 5.03. The smallest absolute Gasteiger partial charge is 0.227 e. The first-order valence-electron chi connectivity index (χ1n) is 6.81. The van der Waals surface area contributed by atoms with Crippen LogP contribution in [0.2, 0.25) is 0 Å². The Bertz CT molecular complexity index is 394. The first kappa shape index (κ1) is 14.0. The Balaban J connectivity index is 1.93. The second-order valence-corrected chi connectivity index (χ2v) is 5.03. The lowest BCUT2D eigenvalue weighted by atomic mass is 10.1. The van der Waals surface area contributed by atoms with Crippen molar-refractivity contribution < 1.29 is 9.53 Å². The molecule has 1 aliphatic rings. The van der Waals surface area contributed by atoms with E-state index < -0.39 is 0 Å². The van der Waals surface area contributed by atoms with E-state index in [0.717, 1.165) is 31.7 Å². The molecule has 0 aromatic heterocycles. The maximum absolute atomic E-state index is 12.3. The molecule has 4 heteroatoms. The summed E-state index contributed by atoms with van der Waals surface area (Å²) in [6.07, 6.45) is 0.487. The molecule has 1 fully saturated rings. The van der Waals surface area contributed by atoms with Crippen molar-refractivity contribution in [3.8, 4) is 0 Å². The number of methoxy groups -OCH3 is 1. The van der Waals surface area contributed by atoms with Crippen molar-refractivity contribution in [3.05, 3.63) is 35.9 Å². The van der Waals surface area contributed by atoms with Crippen LogP contribution in [0, 0.1) is 5.92 Å². The first-order valence-corrected chi connectivity index (χ1v) is 6.81. The van der Waals surface area contributed by atoms with Gasteiger partial charge in [0.1, 0.15) is 0 Å². The molecule has 1 aromatic carbocycles. The fourth-order valence-electron chi connectivity index (χ4n) is 2.44. The summed E-state index contributed by atoms with van der Waals surface area (Å²) < 4.78 is 5.21. The van der Waals surface area contributed by atoms with Gasteiger partial charge in [0.05, 0.1) is 13.0 Å². The number of hydrogen-bond acceptors (Lipinski definition) is 3. The molecule has 19 heavy (non-hydrogen) atoms. The van der Waals surface area contributed by atoms with Gasteiger partial charge in [-0.05, 0) is 5.56 Å². The van der Waals surface area contributed by atoms with Crippen molar-refractivity contribution in [1.82, 2.24) is 10.2 Å². The molecular weight excluding hydrogens is 240 g/mol. The third-order valence-corrected chi connectivity index (χ3v) is 3.42. The number of nitrogens with one attached hydrogen (secondary N) is 1. The molecule has 0 saturated carbocycles. The van der Waals surface area contributed by atoms with Gasteiger partial charge in [-0.1, -0.05) is 30.3 Å². The highest BCUT2D eigenvalue weighted by Gasteiger charge is 2.21. The van der Waals surface area contributed by atoms with Crippen molar-refractivity contribution in [2.45, 2.75) is 6.42 Å². The lowest BCUT2D eigenvalue weighted by Crippen LogP contribution is -2.37. The fourth-order valence-corrected chi connectivity index (χ4v) is 2.44. The predicted octanol–water partition coefficient (Wildman–Crippen LogP) is 0.923. The minimum absolute atomic E-state index is 0.205. The standard InChI is InChI=1S/C15H22N2O2/c1-19-12-14-10-16-7-8-17(11-14)15(18)9-13-5-3-2-4-6-13/h2-6,14,16H,7-12H2,1H3/t14-/m0/s1. The topological polar surface area (TPSA) is 41.6 Å². The molecule has 4 nitrogen and oxygen atoms in total. The number of hydrogen-bond donors (Lipinski definition) is 1. The Labute approximate surface area is 114 Å². The Morgan fingerprint density at radius 3 is 2.95 bits per heavy atom. The van der Waals surface area contributed by atoms with Gasteiger partial charge in [0.25, 0.3) is 0 Å². The van der Waals surface area contributed by atoms with Crippen LogP contribution in [-0.4, -0.2) is 50.7 Å². The van der Waals surface area contributed by atoms with Crippen LogP contribution in [0.25, 0.3) is 0 Å². The average Bonchev–Trinajstić information content (AvgIpc) is 2.66. The van der Waals surface area contributed by atoms with Gasteiger partial charge in [-0.25, -0.2) is 0 Å². The molecule has 1 N–H and O–H groups in total. The molecule has 1 heterocycles. The molecule has 2 rings (SSSR count). The number of carbonyl (C=O) groups is 1. The highest BCUT2D eigenvalue weighted by molar-refractivity contribution is 5.78. The maximum atomic E-state index is 12.3. The van der Waals surface area contributed by atoms with Crippen molar-refractivity contribution in [2.24, 2.45) is 5.92 Å². The summed E-state index contributed by atoms with van der Waals surface area (Å²) in [5.41, 5.74) is 1.08. The quantitative estimate of drug-likeness (QED) is 0.877. The van der Waals surface area contributed by atoms with E-state index in [1.807, 2.05) is 35.2 Å². The molecule has 0 radical (unpaired) electrons. The van der Waals surface area contributed by atoms with Crippen LogP contribution in [0.3, 0.4) is 0 Å². The molecule has 1 amide bonds. The normalized spacial score (nSPS) is 20.1. The van der Waals surface area contributed by atoms with E-state index >= 15 is 0 Å². The zero-order valence-electron chi connectivity index (χ0n) is 11.5. The summed E-state index contributed by atoms with van der Waals surface area (Å²) in [5.74, 6) is 0.586. The van der Waals surface area contributed by atoms with Crippen LogP contribution in [0.1, 0.15) is 5.56 Å². The Morgan fingerprint density at radius 1 is 1.42 bits per heavy atom. The molecule has 0 aliphatic carbocycles. The largest absolute Gasteiger partial charge is 0.384 e. The van der Waals surface area contributed by atoms with Crippen molar-refractivity contribution >= 4 is 5.91 Å².